The number of carbonyl (C=O) groups is 1. The molecule has 0 radical (unpaired) electrons. The van der Waals surface area contributed by atoms with Crippen LogP contribution < -0.4 is 14.9 Å². The van der Waals surface area contributed by atoms with Gasteiger partial charge in [0.15, 0.2) is 0 Å². The topological polar surface area (TPSA) is 104 Å². The van der Waals surface area contributed by atoms with Gasteiger partial charge < -0.3 is 10.2 Å². The number of amides is 1. The minimum absolute atomic E-state index is 0.0886. The lowest BCUT2D eigenvalue weighted by molar-refractivity contribution is -0.114. The van der Waals surface area contributed by atoms with E-state index in [0.29, 0.717) is 23.2 Å². The van der Waals surface area contributed by atoms with Crippen molar-refractivity contribution in [3.8, 4) is 0 Å². The number of nitrogens with zero attached hydrogens (tertiary/aromatic N) is 3. The molecule has 2 N–H and O–H groups in total. The molecule has 9 heteroatoms. The summed E-state index contributed by atoms with van der Waals surface area (Å²) < 4.78 is 27.5. The Kier molecular flexibility index (Phi) is 5.59. The molecule has 0 bridgehead atoms. The fourth-order valence-electron chi connectivity index (χ4n) is 2.88. The van der Waals surface area contributed by atoms with Crippen molar-refractivity contribution in [3.05, 3.63) is 36.7 Å². The minimum Gasteiger partial charge on any atom is -0.341 e. The Morgan fingerprint density at radius 1 is 1.07 bits per heavy atom. The molecule has 1 saturated heterocycles. The van der Waals surface area contributed by atoms with Gasteiger partial charge in [0.05, 0.1) is 23.0 Å². The Balaban J connectivity index is 1.67. The van der Waals surface area contributed by atoms with E-state index in [9.17, 15) is 13.2 Å². The van der Waals surface area contributed by atoms with E-state index >= 15 is 0 Å². The summed E-state index contributed by atoms with van der Waals surface area (Å²) in [6.45, 7) is 5.44. The molecule has 0 saturated carbocycles. The summed E-state index contributed by atoms with van der Waals surface area (Å²) in [6, 6.07) is 5.93. The van der Waals surface area contributed by atoms with Crippen LogP contribution in [0.3, 0.4) is 0 Å². The third-order valence-corrected chi connectivity index (χ3v) is 5.84. The molecule has 1 aliphatic rings. The second kappa shape index (κ2) is 7.91. The second-order valence-electron chi connectivity index (χ2n) is 6.75. The predicted molar refractivity (Wildman–Crippen MR) is 104 cm³/mol. The lowest BCUT2D eigenvalue weighted by Gasteiger charge is -2.30. The number of aromatic nitrogens is 2. The molecule has 1 fully saturated rings. The van der Waals surface area contributed by atoms with Crippen LogP contribution in [0.25, 0.3) is 0 Å². The summed E-state index contributed by atoms with van der Waals surface area (Å²) >= 11 is 0. The molecule has 0 spiro atoms. The summed E-state index contributed by atoms with van der Waals surface area (Å²) in [5.74, 6) is 1.11. The predicted octanol–water partition coefficient (Wildman–Crippen LogP) is 2.47. The van der Waals surface area contributed by atoms with Crippen LogP contribution in [0.1, 0.15) is 26.7 Å². The average Bonchev–Trinajstić information content (AvgIpc) is 2.63. The average molecular weight is 389 g/mol. The van der Waals surface area contributed by atoms with Crippen LogP contribution in [0.2, 0.25) is 0 Å². The Morgan fingerprint density at radius 2 is 1.67 bits per heavy atom. The van der Waals surface area contributed by atoms with E-state index in [1.54, 1.807) is 0 Å². The first-order chi connectivity index (χ1) is 12.8. The molecule has 8 nitrogen and oxygen atoms in total. The van der Waals surface area contributed by atoms with Gasteiger partial charge in [-0.3, -0.25) is 9.52 Å². The van der Waals surface area contributed by atoms with E-state index in [1.807, 2.05) is 0 Å². The van der Waals surface area contributed by atoms with Crippen LogP contribution in [-0.2, 0) is 14.8 Å². The number of benzene rings is 1. The molecule has 0 atom stereocenters. The molecule has 27 heavy (non-hydrogen) atoms. The Morgan fingerprint density at radius 3 is 2.22 bits per heavy atom. The zero-order valence-corrected chi connectivity index (χ0v) is 16.2. The van der Waals surface area contributed by atoms with Crippen LogP contribution in [0, 0.1) is 5.92 Å². The molecule has 1 aromatic carbocycles. The monoisotopic (exact) mass is 389 g/mol. The molecule has 1 aromatic heterocycles. The first kappa shape index (κ1) is 19.1. The Bertz CT molecular complexity index is 890. The standard InChI is InChI=1S/C18H23N5O3S/c1-13-7-9-23(10-8-13)18-19-11-16(12-20-18)22-27(25,26)17-5-3-15(4-6-17)21-14(2)24/h3-6,11-13,22H,7-10H2,1-2H3,(H,21,24). The molecule has 0 unspecified atom stereocenters. The zero-order valence-electron chi connectivity index (χ0n) is 15.3. The van der Waals surface area contributed by atoms with Crippen molar-refractivity contribution in [3.63, 3.8) is 0 Å². The van der Waals surface area contributed by atoms with E-state index in [1.165, 1.54) is 43.6 Å². The molecule has 2 heterocycles. The van der Waals surface area contributed by atoms with E-state index in [2.05, 4.69) is 31.8 Å². The summed E-state index contributed by atoms with van der Waals surface area (Å²) in [5.41, 5.74) is 0.833. The third kappa shape index (κ3) is 4.94. The van der Waals surface area contributed by atoms with Crippen LogP contribution in [-0.4, -0.2) is 37.4 Å². The molecule has 0 aliphatic carbocycles. The molecule has 1 amide bonds. The molecular formula is C18H23N5O3S. The molecule has 3 rings (SSSR count). The van der Waals surface area contributed by atoms with E-state index in [-0.39, 0.29) is 10.8 Å². The highest BCUT2D eigenvalue weighted by atomic mass is 32.2. The maximum Gasteiger partial charge on any atom is 0.261 e. The van der Waals surface area contributed by atoms with Gasteiger partial charge in [0.1, 0.15) is 0 Å². The van der Waals surface area contributed by atoms with Gasteiger partial charge in [-0.1, -0.05) is 6.92 Å². The normalized spacial score (nSPS) is 15.4. The molecule has 1 aliphatic heterocycles. The summed E-state index contributed by atoms with van der Waals surface area (Å²) in [4.78, 5) is 21.8. The lowest BCUT2D eigenvalue weighted by Crippen LogP contribution is -2.34. The van der Waals surface area contributed by atoms with Gasteiger partial charge in [0.25, 0.3) is 10.0 Å². The highest BCUT2D eigenvalue weighted by Crippen LogP contribution is 2.21. The highest BCUT2D eigenvalue weighted by molar-refractivity contribution is 7.92. The summed E-state index contributed by atoms with van der Waals surface area (Å²) in [6.07, 6.45) is 5.16. The van der Waals surface area contributed by atoms with Crippen molar-refractivity contribution in [1.82, 2.24) is 9.97 Å². The number of piperidine rings is 1. The number of rotatable bonds is 5. The van der Waals surface area contributed by atoms with Crippen LogP contribution in [0.15, 0.2) is 41.6 Å². The smallest absolute Gasteiger partial charge is 0.261 e. The van der Waals surface area contributed by atoms with Crippen molar-refractivity contribution in [2.24, 2.45) is 5.92 Å². The second-order valence-corrected chi connectivity index (χ2v) is 8.43. The summed E-state index contributed by atoms with van der Waals surface area (Å²) in [5, 5.41) is 2.59. The maximum atomic E-state index is 12.5. The van der Waals surface area contributed by atoms with E-state index in [0.717, 1.165) is 25.9 Å². The van der Waals surface area contributed by atoms with Crippen molar-refractivity contribution in [2.45, 2.75) is 31.6 Å². The number of sulfonamides is 1. The van der Waals surface area contributed by atoms with Gasteiger partial charge in [-0.2, -0.15) is 0 Å². The number of carbonyl (C=O) groups excluding carboxylic acids is 1. The van der Waals surface area contributed by atoms with Crippen molar-refractivity contribution in [1.29, 1.82) is 0 Å². The molecular weight excluding hydrogens is 366 g/mol. The number of hydrogen-bond acceptors (Lipinski definition) is 6. The fourth-order valence-corrected chi connectivity index (χ4v) is 3.91. The molecule has 144 valence electrons. The third-order valence-electron chi connectivity index (χ3n) is 4.44. The first-order valence-electron chi connectivity index (χ1n) is 8.81. The van der Waals surface area contributed by atoms with E-state index in [4.69, 9.17) is 0 Å². The van der Waals surface area contributed by atoms with Crippen LogP contribution in [0.4, 0.5) is 17.3 Å². The SMILES string of the molecule is CC(=O)Nc1ccc(S(=O)(=O)Nc2cnc(N3CCC(C)CC3)nc2)cc1. The van der Waals surface area contributed by atoms with Gasteiger partial charge in [0.2, 0.25) is 11.9 Å². The molecule has 2 aromatic rings. The first-order valence-corrected chi connectivity index (χ1v) is 10.3. The largest absolute Gasteiger partial charge is 0.341 e. The van der Waals surface area contributed by atoms with Crippen molar-refractivity contribution in [2.75, 3.05) is 28.0 Å². The van der Waals surface area contributed by atoms with E-state index < -0.39 is 10.0 Å². The maximum absolute atomic E-state index is 12.5. The number of hydrogen-bond donors (Lipinski definition) is 2. The van der Waals surface area contributed by atoms with Gasteiger partial charge in [0, 0.05) is 25.7 Å². The van der Waals surface area contributed by atoms with Gasteiger partial charge >= 0.3 is 0 Å². The zero-order chi connectivity index (χ0) is 19.4. The lowest BCUT2D eigenvalue weighted by atomic mass is 10.00. The van der Waals surface area contributed by atoms with Crippen molar-refractivity contribution >= 4 is 33.3 Å². The van der Waals surface area contributed by atoms with Crippen LogP contribution >= 0.6 is 0 Å². The van der Waals surface area contributed by atoms with Gasteiger partial charge in [-0.05, 0) is 43.0 Å². The van der Waals surface area contributed by atoms with Gasteiger partial charge in [-0.15, -0.1) is 0 Å². The number of nitrogens with one attached hydrogen (secondary N) is 2. The number of anilines is 3. The minimum atomic E-state index is -3.76. The Hall–Kier alpha value is -2.68. The Labute approximate surface area is 159 Å². The van der Waals surface area contributed by atoms with Crippen LogP contribution in [0.5, 0.6) is 0 Å². The summed E-state index contributed by atoms with van der Waals surface area (Å²) in [7, 11) is -3.76. The highest BCUT2D eigenvalue weighted by Gasteiger charge is 2.19. The quantitative estimate of drug-likeness (QED) is 0.814. The fraction of sp³-hybridized carbons (Fsp3) is 0.389. The van der Waals surface area contributed by atoms with Gasteiger partial charge in [-0.25, -0.2) is 18.4 Å². The van der Waals surface area contributed by atoms with Crippen molar-refractivity contribution < 1.29 is 13.2 Å².